The molecule has 2 nitrogen and oxygen atoms in total. The number of hydrogen-bond acceptors (Lipinski definition) is 2. The molecule has 20 heavy (non-hydrogen) atoms. The van der Waals surface area contributed by atoms with Gasteiger partial charge in [0.15, 0.2) is 0 Å². The number of nitrogen functional groups attached to an aromatic ring is 1. The summed E-state index contributed by atoms with van der Waals surface area (Å²) in [4.78, 5) is 0. The van der Waals surface area contributed by atoms with Crippen LogP contribution in [0.4, 0.5) is 18.9 Å². The minimum atomic E-state index is -4.39. The van der Waals surface area contributed by atoms with Gasteiger partial charge < -0.3 is 10.5 Å². The molecule has 0 bridgehead atoms. The number of anilines is 1. The molecule has 2 rings (SSSR count). The molecule has 2 aromatic carbocycles. The fraction of sp³-hybridized carbons (Fsp3) is 0.143. The summed E-state index contributed by atoms with van der Waals surface area (Å²) in [6.07, 6.45) is -4.39. The van der Waals surface area contributed by atoms with Crippen molar-refractivity contribution in [2.45, 2.75) is 12.8 Å². The topological polar surface area (TPSA) is 35.2 Å². The van der Waals surface area contributed by atoms with E-state index in [-0.39, 0.29) is 12.4 Å². The van der Waals surface area contributed by atoms with Crippen LogP contribution in [-0.4, -0.2) is 0 Å². The highest BCUT2D eigenvalue weighted by atomic mass is 35.5. The van der Waals surface area contributed by atoms with Crippen molar-refractivity contribution in [2.24, 2.45) is 0 Å². The van der Waals surface area contributed by atoms with Gasteiger partial charge >= 0.3 is 6.18 Å². The molecule has 0 aliphatic carbocycles. The van der Waals surface area contributed by atoms with Crippen molar-refractivity contribution < 1.29 is 17.9 Å². The predicted molar refractivity (Wildman–Crippen MR) is 71.6 cm³/mol. The molecule has 0 spiro atoms. The van der Waals surface area contributed by atoms with E-state index in [9.17, 15) is 13.2 Å². The van der Waals surface area contributed by atoms with Crippen molar-refractivity contribution in [3.05, 3.63) is 58.6 Å². The summed E-state index contributed by atoms with van der Waals surface area (Å²) in [6, 6.07) is 9.58. The molecule has 0 aliphatic heterocycles. The van der Waals surface area contributed by atoms with Crippen molar-refractivity contribution >= 4 is 17.3 Å². The fourth-order valence-electron chi connectivity index (χ4n) is 1.60. The third-order valence-corrected chi connectivity index (χ3v) is 2.98. The lowest BCUT2D eigenvalue weighted by atomic mass is 10.2. The lowest BCUT2D eigenvalue weighted by Crippen LogP contribution is -2.05. The van der Waals surface area contributed by atoms with E-state index in [0.717, 1.165) is 12.1 Å². The molecule has 0 saturated heterocycles. The van der Waals surface area contributed by atoms with E-state index in [0.29, 0.717) is 16.3 Å². The van der Waals surface area contributed by atoms with Crippen molar-refractivity contribution in [3.63, 3.8) is 0 Å². The second kappa shape index (κ2) is 5.63. The molecule has 6 heteroatoms. The van der Waals surface area contributed by atoms with Crippen LogP contribution in [0.5, 0.6) is 5.75 Å². The smallest absolute Gasteiger partial charge is 0.416 e. The van der Waals surface area contributed by atoms with E-state index in [4.69, 9.17) is 22.1 Å². The quantitative estimate of drug-likeness (QED) is 0.846. The SMILES string of the molecule is Nc1ccc(COc2cccc(C(F)(F)F)c2)c(Cl)c1. The highest BCUT2D eigenvalue weighted by Gasteiger charge is 2.30. The maximum Gasteiger partial charge on any atom is 0.416 e. The summed E-state index contributed by atoms with van der Waals surface area (Å²) in [5, 5.41) is 0.414. The normalized spacial score (nSPS) is 11.4. The third-order valence-electron chi connectivity index (χ3n) is 2.63. The van der Waals surface area contributed by atoms with Crippen molar-refractivity contribution in [2.75, 3.05) is 5.73 Å². The monoisotopic (exact) mass is 301 g/mol. The van der Waals surface area contributed by atoms with Crippen LogP contribution in [0.3, 0.4) is 0 Å². The van der Waals surface area contributed by atoms with Gasteiger partial charge in [0.2, 0.25) is 0 Å². The molecule has 0 fully saturated rings. The van der Waals surface area contributed by atoms with Gasteiger partial charge in [-0.15, -0.1) is 0 Å². The van der Waals surface area contributed by atoms with Gasteiger partial charge in [-0.25, -0.2) is 0 Å². The van der Waals surface area contributed by atoms with Gasteiger partial charge in [-0.2, -0.15) is 13.2 Å². The van der Waals surface area contributed by atoms with E-state index in [2.05, 4.69) is 0 Å². The Balaban J connectivity index is 2.11. The lowest BCUT2D eigenvalue weighted by molar-refractivity contribution is -0.137. The van der Waals surface area contributed by atoms with Crippen LogP contribution in [0.25, 0.3) is 0 Å². The molecule has 106 valence electrons. The Morgan fingerprint density at radius 3 is 2.50 bits per heavy atom. The Kier molecular flexibility index (Phi) is 4.09. The van der Waals surface area contributed by atoms with Gasteiger partial charge in [-0.05, 0) is 30.3 Å². The average molecular weight is 302 g/mol. The van der Waals surface area contributed by atoms with Crippen molar-refractivity contribution in [1.29, 1.82) is 0 Å². The summed E-state index contributed by atoms with van der Waals surface area (Å²) in [7, 11) is 0. The van der Waals surface area contributed by atoms with Gasteiger partial charge in [0.25, 0.3) is 0 Å². The predicted octanol–water partition coefficient (Wildman–Crippen LogP) is 4.52. The molecule has 0 saturated carbocycles. The van der Waals surface area contributed by atoms with E-state index in [1.54, 1.807) is 18.2 Å². The molecule has 0 atom stereocenters. The van der Waals surface area contributed by atoms with Crippen LogP contribution in [0, 0.1) is 0 Å². The largest absolute Gasteiger partial charge is 0.489 e. The summed E-state index contributed by atoms with van der Waals surface area (Å²) < 4.78 is 43.0. The maximum atomic E-state index is 12.5. The second-order valence-electron chi connectivity index (χ2n) is 4.17. The minimum Gasteiger partial charge on any atom is -0.489 e. The Hall–Kier alpha value is -1.88. The fourth-order valence-corrected chi connectivity index (χ4v) is 1.85. The number of hydrogen-bond donors (Lipinski definition) is 1. The highest BCUT2D eigenvalue weighted by Crippen LogP contribution is 2.31. The first-order valence-corrected chi connectivity index (χ1v) is 6.08. The zero-order valence-electron chi connectivity index (χ0n) is 10.2. The first-order chi connectivity index (χ1) is 9.36. The second-order valence-corrected chi connectivity index (χ2v) is 4.57. The number of halogens is 4. The molecular weight excluding hydrogens is 291 g/mol. The molecule has 0 heterocycles. The lowest BCUT2D eigenvalue weighted by Gasteiger charge is -2.11. The van der Waals surface area contributed by atoms with E-state index in [1.807, 2.05) is 0 Å². The Bertz CT molecular complexity index is 614. The summed E-state index contributed by atoms with van der Waals surface area (Å²) in [5.74, 6) is 0.132. The van der Waals surface area contributed by atoms with E-state index in [1.165, 1.54) is 12.1 Å². The van der Waals surface area contributed by atoms with Gasteiger partial charge in [-0.3, -0.25) is 0 Å². The maximum absolute atomic E-state index is 12.5. The van der Waals surface area contributed by atoms with Crippen LogP contribution in [-0.2, 0) is 12.8 Å². The first-order valence-electron chi connectivity index (χ1n) is 5.70. The number of benzene rings is 2. The number of rotatable bonds is 3. The Labute approximate surface area is 118 Å². The molecule has 0 aromatic heterocycles. The summed E-state index contributed by atoms with van der Waals surface area (Å²) in [6.45, 7) is 0.0699. The van der Waals surface area contributed by atoms with Crippen molar-refractivity contribution in [3.8, 4) is 5.75 Å². The van der Waals surface area contributed by atoms with Crippen LogP contribution < -0.4 is 10.5 Å². The average Bonchev–Trinajstić information content (AvgIpc) is 2.37. The number of ether oxygens (including phenoxy) is 1. The molecule has 2 N–H and O–H groups in total. The van der Waals surface area contributed by atoms with Crippen LogP contribution in [0.2, 0.25) is 5.02 Å². The molecule has 2 aromatic rings. The Morgan fingerprint density at radius 1 is 1.10 bits per heavy atom. The zero-order valence-corrected chi connectivity index (χ0v) is 11.0. The zero-order chi connectivity index (χ0) is 14.8. The van der Waals surface area contributed by atoms with Gasteiger partial charge in [0.1, 0.15) is 12.4 Å². The van der Waals surface area contributed by atoms with Gasteiger partial charge in [-0.1, -0.05) is 23.7 Å². The van der Waals surface area contributed by atoms with Crippen molar-refractivity contribution in [1.82, 2.24) is 0 Å². The first kappa shape index (κ1) is 14.5. The third kappa shape index (κ3) is 3.57. The Morgan fingerprint density at radius 2 is 1.85 bits per heavy atom. The summed E-state index contributed by atoms with van der Waals surface area (Å²) in [5.41, 5.74) is 5.96. The van der Waals surface area contributed by atoms with Gasteiger partial charge in [0.05, 0.1) is 5.56 Å². The molecule has 0 unspecified atom stereocenters. The van der Waals surface area contributed by atoms with Gasteiger partial charge in [0, 0.05) is 16.3 Å². The number of alkyl halides is 3. The molecule has 0 radical (unpaired) electrons. The molecular formula is C14H11ClF3NO. The molecule has 0 amide bonds. The van der Waals surface area contributed by atoms with E-state index >= 15 is 0 Å². The van der Waals surface area contributed by atoms with E-state index < -0.39 is 11.7 Å². The van der Waals surface area contributed by atoms with Crippen LogP contribution in [0.15, 0.2) is 42.5 Å². The molecule has 0 aliphatic rings. The van der Waals surface area contributed by atoms with Crippen LogP contribution >= 0.6 is 11.6 Å². The number of nitrogens with two attached hydrogens (primary N) is 1. The highest BCUT2D eigenvalue weighted by molar-refractivity contribution is 6.31. The summed E-state index contributed by atoms with van der Waals surface area (Å²) >= 11 is 5.96. The van der Waals surface area contributed by atoms with Crippen LogP contribution in [0.1, 0.15) is 11.1 Å². The standard InChI is InChI=1S/C14H11ClF3NO/c15-13-7-11(19)5-4-9(13)8-20-12-3-1-2-10(6-12)14(16,17)18/h1-7H,8,19H2. The minimum absolute atomic E-state index is 0.0699.